The van der Waals surface area contributed by atoms with Crippen molar-refractivity contribution in [2.45, 2.75) is 19.1 Å². The number of carbonyl (C=O) groups excluding carboxylic acids is 1. The monoisotopic (exact) mass is 322 g/mol. The first-order chi connectivity index (χ1) is 10.1. The number of furan rings is 1. The SMILES string of the molecule is CNC(=O)N[C@H](c1oc2c(F)cc(F)cc2c1C)C(F)(F)F. The zero-order chi connectivity index (χ0) is 16.7. The van der Waals surface area contributed by atoms with E-state index in [0.29, 0.717) is 6.07 Å². The van der Waals surface area contributed by atoms with Gasteiger partial charge in [-0.1, -0.05) is 0 Å². The van der Waals surface area contributed by atoms with E-state index in [1.807, 2.05) is 5.32 Å². The molecule has 22 heavy (non-hydrogen) atoms. The van der Waals surface area contributed by atoms with Crippen LogP contribution < -0.4 is 10.6 Å². The fourth-order valence-electron chi connectivity index (χ4n) is 2.04. The van der Waals surface area contributed by atoms with Crippen molar-refractivity contribution in [1.82, 2.24) is 10.6 Å². The Labute approximate surface area is 121 Å². The Morgan fingerprint density at radius 3 is 2.45 bits per heavy atom. The fraction of sp³-hybridized carbons (Fsp3) is 0.308. The molecule has 1 aromatic carbocycles. The lowest BCUT2D eigenvalue weighted by molar-refractivity contribution is -0.158. The van der Waals surface area contributed by atoms with E-state index >= 15 is 0 Å². The third-order valence-electron chi connectivity index (χ3n) is 3.09. The molecule has 0 fully saturated rings. The van der Waals surface area contributed by atoms with Gasteiger partial charge < -0.3 is 15.1 Å². The summed E-state index contributed by atoms with van der Waals surface area (Å²) in [6, 6.07) is -2.20. The maximum Gasteiger partial charge on any atom is 0.416 e. The number of alkyl halides is 3. The number of amides is 2. The molecule has 0 unspecified atom stereocenters. The number of hydrogen-bond acceptors (Lipinski definition) is 2. The van der Waals surface area contributed by atoms with Crippen molar-refractivity contribution in [3.63, 3.8) is 0 Å². The average molecular weight is 322 g/mol. The highest BCUT2D eigenvalue weighted by atomic mass is 19.4. The van der Waals surface area contributed by atoms with Crippen LogP contribution in [0.25, 0.3) is 11.0 Å². The minimum atomic E-state index is -4.87. The third-order valence-corrected chi connectivity index (χ3v) is 3.09. The van der Waals surface area contributed by atoms with Gasteiger partial charge in [0.05, 0.1) is 0 Å². The highest BCUT2D eigenvalue weighted by molar-refractivity contribution is 5.83. The van der Waals surface area contributed by atoms with Crippen LogP contribution in [0.2, 0.25) is 0 Å². The van der Waals surface area contributed by atoms with Crippen LogP contribution in [0.5, 0.6) is 0 Å². The number of aryl methyl sites for hydroxylation is 1. The number of benzene rings is 1. The molecule has 1 atom stereocenters. The molecule has 0 aliphatic rings. The number of rotatable bonds is 2. The first-order valence-corrected chi connectivity index (χ1v) is 6.08. The molecule has 2 aromatic rings. The second-order valence-electron chi connectivity index (χ2n) is 4.55. The van der Waals surface area contributed by atoms with Gasteiger partial charge in [0.1, 0.15) is 11.6 Å². The van der Waals surface area contributed by atoms with E-state index in [2.05, 4.69) is 0 Å². The van der Waals surface area contributed by atoms with Crippen molar-refractivity contribution in [2.75, 3.05) is 7.05 Å². The van der Waals surface area contributed by atoms with E-state index in [1.165, 1.54) is 6.92 Å². The van der Waals surface area contributed by atoms with Crippen LogP contribution in [0.15, 0.2) is 16.5 Å². The second kappa shape index (κ2) is 5.47. The summed E-state index contributed by atoms with van der Waals surface area (Å²) in [4.78, 5) is 11.2. The predicted molar refractivity (Wildman–Crippen MR) is 67.3 cm³/mol. The Kier molecular flexibility index (Phi) is 3.99. The summed E-state index contributed by atoms with van der Waals surface area (Å²) in [6.45, 7) is 1.23. The molecule has 4 nitrogen and oxygen atoms in total. The van der Waals surface area contributed by atoms with Crippen LogP contribution in [0.3, 0.4) is 0 Å². The number of carbonyl (C=O) groups is 1. The summed E-state index contributed by atoms with van der Waals surface area (Å²) >= 11 is 0. The molecule has 0 saturated heterocycles. The highest BCUT2D eigenvalue weighted by Crippen LogP contribution is 2.39. The van der Waals surface area contributed by atoms with E-state index in [-0.39, 0.29) is 10.9 Å². The molecule has 0 spiro atoms. The van der Waals surface area contributed by atoms with Crippen LogP contribution in [-0.4, -0.2) is 19.3 Å². The summed E-state index contributed by atoms with van der Waals surface area (Å²) in [5.41, 5.74) is -0.603. The average Bonchev–Trinajstić information content (AvgIpc) is 2.72. The van der Waals surface area contributed by atoms with Crippen molar-refractivity contribution in [3.05, 3.63) is 35.1 Å². The van der Waals surface area contributed by atoms with Crippen LogP contribution >= 0.6 is 0 Å². The van der Waals surface area contributed by atoms with Crippen LogP contribution in [-0.2, 0) is 0 Å². The molecular weight excluding hydrogens is 311 g/mol. The normalized spacial score (nSPS) is 13.2. The Hall–Kier alpha value is -2.32. The number of urea groups is 1. The van der Waals surface area contributed by atoms with E-state index < -0.39 is 41.2 Å². The van der Waals surface area contributed by atoms with Gasteiger partial charge in [0.2, 0.25) is 0 Å². The molecule has 1 aromatic heterocycles. The lowest BCUT2D eigenvalue weighted by atomic mass is 10.1. The Morgan fingerprint density at radius 1 is 1.27 bits per heavy atom. The molecule has 2 amide bonds. The maximum absolute atomic E-state index is 13.6. The summed E-state index contributed by atoms with van der Waals surface area (Å²) in [7, 11) is 1.14. The number of halogens is 5. The summed E-state index contributed by atoms with van der Waals surface area (Å²) in [5.74, 6) is -2.76. The minimum absolute atomic E-state index is 0.105. The van der Waals surface area contributed by atoms with Gasteiger partial charge in [0.25, 0.3) is 0 Å². The number of nitrogens with one attached hydrogen (secondary N) is 2. The van der Waals surface area contributed by atoms with Gasteiger partial charge >= 0.3 is 12.2 Å². The lowest BCUT2D eigenvalue weighted by Gasteiger charge is -2.20. The van der Waals surface area contributed by atoms with Gasteiger partial charge in [-0.05, 0) is 13.0 Å². The zero-order valence-corrected chi connectivity index (χ0v) is 11.4. The molecule has 2 N–H and O–H groups in total. The predicted octanol–water partition coefficient (Wildman–Crippen LogP) is 3.55. The Bertz CT molecular complexity index is 723. The van der Waals surface area contributed by atoms with Crippen molar-refractivity contribution in [3.8, 4) is 0 Å². The molecule has 120 valence electrons. The van der Waals surface area contributed by atoms with Gasteiger partial charge in [-0.25, -0.2) is 13.6 Å². The second-order valence-corrected chi connectivity index (χ2v) is 4.55. The van der Waals surface area contributed by atoms with E-state index in [9.17, 15) is 26.7 Å². The maximum atomic E-state index is 13.6. The zero-order valence-electron chi connectivity index (χ0n) is 11.4. The molecule has 1 heterocycles. The summed E-state index contributed by atoms with van der Waals surface area (Å²) in [6.07, 6.45) is -4.87. The van der Waals surface area contributed by atoms with Crippen molar-refractivity contribution >= 4 is 17.0 Å². The van der Waals surface area contributed by atoms with Gasteiger partial charge in [0.15, 0.2) is 17.4 Å². The molecular formula is C13H11F5N2O2. The van der Waals surface area contributed by atoms with Crippen molar-refractivity contribution < 1.29 is 31.2 Å². The lowest BCUT2D eigenvalue weighted by Crippen LogP contribution is -2.42. The quantitative estimate of drug-likeness (QED) is 0.831. The van der Waals surface area contributed by atoms with Gasteiger partial charge in [0, 0.05) is 24.1 Å². The van der Waals surface area contributed by atoms with Gasteiger partial charge in [-0.2, -0.15) is 13.2 Å². The molecule has 2 rings (SSSR count). The molecule has 0 aliphatic heterocycles. The van der Waals surface area contributed by atoms with E-state index in [4.69, 9.17) is 4.42 Å². The first kappa shape index (κ1) is 16.1. The molecule has 0 bridgehead atoms. The van der Waals surface area contributed by atoms with Crippen molar-refractivity contribution in [2.24, 2.45) is 0 Å². The fourth-order valence-corrected chi connectivity index (χ4v) is 2.04. The van der Waals surface area contributed by atoms with Crippen LogP contribution in [0.1, 0.15) is 17.4 Å². The largest absolute Gasteiger partial charge is 0.455 e. The molecule has 9 heteroatoms. The topological polar surface area (TPSA) is 54.3 Å². The first-order valence-electron chi connectivity index (χ1n) is 6.08. The highest BCUT2D eigenvalue weighted by Gasteiger charge is 2.45. The summed E-state index contributed by atoms with van der Waals surface area (Å²) < 4.78 is 71.1. The number of fused-ring (bicyclic) bond motifs is 1. The van der Waals surface area contributed by atoms with Crippen LogP contribution in [0.4, 0.5) is 26.7 Å². The van der Waals surface area contributed by atoms with Gasteiger partial charge in [-0.15, -0.1) is 0 Å². The van der Waals surface area contributed by atoms with Crippen LogP contribution in [0, 0.1) is 18.6 Å². The Morgan fingerprint density at radius 2 is 1.91 bits per heavy atom. The molecule has 0 saturated carbocycles. The van der Waals surface area contributed by atoms with Gasteiger partial charge in [-0.3, -0.25) is 0 Å². The van der Waals surface area contributed by atoms with E-state index in [1.54, 1.807) is 5.32 Å². The standard InChI is InChI=1S/C13H11F5N2O2/c1-5-7-3-6(14)4-8(15)10(7)22-9(5)11(13(16,17)18)20-12(21)19-2/h3-4,11H,1-2H3,(H2,19,20,21)/t11-/m1/s1. The Balaban J connectivity index is 2.62. The van der Waals surface area contributed by atoms with E-state index in [0.717, 1.165) is 13.1 Å². The molecule has 0 radical (unpaired) electrons. The third kappa shape index (κ3) is 2.83. The van der Waals surface area contributed by atoms with Crippen molar-refractivity contribution in [1.29, 1.82) is 0 Å². The number of hydrogen-bond donors (Lipinski definition) is 2. The summed E-state index contributed by atoms with van der Waals surface area (Å²) in [5, 5.41) is 3.53. The minimum Gasteiger partial charge on any atom is -0.455 e. The smallest absolute Gasteiger partial charge is 0.416 e. The molecule has 0 aliphatic carbocycles.